The van der Waals surface area contributed by atoms with E-state index >= 15 is 0 Å². The first kappa shape index (κ1) is 19.3. The number of amides is 1. The fraction of sp³-hybridized carbons (Fsp3) is 0.611. The first-order valence-corrected chi connectivity index (χ1v) is 8.43. The average molecular weight is 322 g/mol. The van der Waals surface area contributed by atoms with E-state index in [9.17, 15) is 4.79 Å². The van der Waals surface area contributed by atoms with Gasteiger partial charge in [0.1, 0.15) is 12.4 Å². The van der Waals surface area contributed by atoms with Crippen LogP contribution in [-0.2, 0) is 4.74 Å². The van der Waals surface area contributed by atoms with E-state index in [2.05, 4.69) is 12.2 Å². The number of hydrogen-bond acceptors (Lipinski definition) is 4. The molecule has 0 saturated carbocycles. The van der Waals surface area contributed by atoms with Crippen molar-refractivity contribution in [2.75, 3.05) is 39.2 Å². The minimum atomic E-state index is -0.441. The maximum atomic E-state index is 11.7. The highest BCUT2D eigenvalue weighted by atomic mass is 16.5. The van der Waals surface area contributed by atoms with Crippen molar-refractivity contribution in [3.05, 3.63) is 24.3 Å². The van der Waals surface area contributed by atoms with Crippen LogP contribution < -0.4 is 10.1 Å². The minimum absolute atomic E-state index is 0.368. The van der Waals surface area contributed by atoms with Crippen LogP contribution in [0, 0.1) is 0 Å². The number of rotatable bonds is 11. The molecule has 1 N–H and O–H groups in total. The van der Waals surface area contributed by atoms with Crippen molar-refractivity contribution >= 4 is 11.8 Å². The molecule has 0 aromatic heterocycles. The second kappa shape index (κ2) is 11.8. The summed E-state index contributed by atoms with van der Waals surface area (Å²) in [5.41, 5.74) is 0.684. The Hall–Kier alpha value is -1.75. The van der Waals surface area contributed by atoms with E-state index in [-0.39, 0.29) is 0 Å². The summed E-state index contributed by atoms with van der Waals surface area (Å²) in [4.78, 5) is 13.6. The maximum absolute atomic E-state index is 11.7. The summed E-state index contributed by atoms with van der Waals surface area (Å²) >= 11 is 0. The molecular weight excluding hydrogens is 292 g/mol. The number of ether oxygens (including phenoxy) is 2. The van der Waals surface area contributed by atoms with E-state index in [1.165, 1.54) is 25.7 Å². The number of unbranched alkanes of at least 4 members (excludes halogenated alkanes) is 4. The Kier molecular flexibility index (Phi) is 9.87. The second-order valence-corrected chi connectivity index (χ2v) is 5.85. The van der Waals surface area contributed by atoms with Gasteiger partial charge in [-0.2, -0.15) is 0 Å². The van der Waals surface area contributed by atoms with Gasteiger partial charge < -0.3 is 14.4 Å². The summed E-state index contributed by atoms with van der Waals surface area (Å²) < 4.78 is 10.8. The predicted molar refractivity (Wildman–Crippen MR) is 94.2 cm³/mol. The zero-order chi connectivity index (χ0) is 16.9. The van der Waals surface area contributed by atoms with E-state index in [1.807, 2.05) is 43.3 Å². The molecular formula is C18H30N2O3. The molecule has 1 aromatic rings. The summed E-state index contributed by atoms with van der Waals surface area (Å²) in [7, 11) is 3.87. The Morgan fingerprint density at radius 2 is 1.91 bits per heavy atom. The lowest BCUT2D eigenvalue weighted by molar-refractivity contribution is 0.151. The van der Waals surface area contributed by atoms with Gasteiger partial charge in [-0.05, 0) is 32.6 Å². The van der Waals surface area contributed by atoms with Gasteiger partial charge in [0.15, 0.2) is 0 Å². The second-order valence-electron chi connectivity index (χ2n) is 5.85. The van der Waals surface area contributed by atoms with E-state index in [0.29, 0.717) is 25.4 Å². The van der Waals surface area contributed by atoms with Crippen LogP contribution in [0.1, 0.15) is 39.0 Å². The molecule has 0 radical (unpaired) electrons. The van der Waals surface area contributed by atoms with Gasteiger partial charge in [-0.3, -0.25) is 5.32 Å². The van der Waals surface area contributed by atoms with Gasteiger partial charge in [-0.1, -0.05) is 38.7 Å². The minimum Gasteiger partial charge on any atom is -0.494 e. The van der Waals surface area contributed by atoms with E-state index in [1.54, 1.807) is 0 Å². The monoisotopic (exact) mass is 322 g/mol. The quantitative estimate of drug-likeness (QED) is 0.622. The smallest absolute Gasteiger partial charge is 0.411 e. The number of benzene rings is 1. The average Bonchev–Trinajstić information content (AvgIpc) is 2.51. The summed E-state index contributed by atoms with van der Waals surface area (Å²) in [6, 6.07) is 7.40. The third-order valence-corrected chi connectivity index (χ3v) is 3.37. The lowest BCUT2D eigenvalue weighted by atomic mass is 10.2. The number of carbonyl (C=O) groups is 1. The van der Waals surface area contributed by atoms with Crippen LogP contribution in [0.2, 0.25) is 0 Å². The topological polar surface area (TPSA) is 50.8 Å². The van der Waals surface area contributed by atoms with Crippen LogP contribution in [0.4, 0.5) is 10.5 Å². The van der Waals surface area contributed by atoms with Crippen LogP contribution in [0.5, 0.6) is 5.75 Å². The van der Waals surface area contributed by atoms with E-state index in [4.69, 9.17) is 9.47 Å². The van der Waals surface area contributed by atoms with Gasteiger partial charge in [0, 0.05) is 18.3 Å². The van der Waals surface area contributed by atoms with Crippen LogP contribution >= 0.6 is 0 Å². The molecule has 1 aromatic carbocycles. The highest BCUT2D eigenvalue weighted by Crippen LogP contribution is 2.18. The summed E-state index contributed by atoms with van der Waals surface area (Å²) in [6.07, 6.45) is 5.62. The molecule has 5 nitrogen and oxygen atoms in total. The van der Waals surface area contributed by atoms with Gasteiger partial charge >= 0.3 is 6.09 Å². The Morgan fingerprint density at radius 1 is 1.13 bits per heavy atom. The maximum Gasteiger partial charge on any atom is 0.411 e. The molecule has 1 rings (SSSR count). The molecule has 0 bridgehead atoms. The van der Waals surface area contributed by atoms with Crippen molar-refractivity contribution < 1.29 is 14.3 Å². The standard InChI is InChI=1S/C18H30N2O3/c1-4-5-6-7-8-13-22-17-11-9-10-16(15-17)19-18(21)23-14-12-20(2)3/h9-11,15H,4-8,12-14H2,1-3H3,(H,19,21). The zero-order valence-corrected chi connectivity index (χ0v) is 14.6. The van der Waals surface area contributed by atoms with Gasteiger partial charge in [-0.15, -0.1) is 0 Å². The third kappa shape index (κ3) is 9.79. The summed E-state index contributed by atoms with van der Waals surface area (Å²) in [5.74, 6) is 0.770. The van der Waals surface area contributed by atoms with Crippen molar-refractivity contribution in [1.29, 1.82) is 0 Å². The highest BCUT2D eigenvalue weighted by Gasteiger charge is 2.04. The number of hydrogen-bond donors (Lipinski definition) is 1. The fourth-order valence-corrected chi connectivity index (χ4v) is 2.03. The number of nitrogens with zero attached hydrogens (tertiary/aromatic N) is 1. The van der Waals surface area contributed by atoms with E-state index < -0.39 is 6.09 Å². The highest BCUT2D eigenvalue weighted by molar-refractivity contribution is 5.84. The molecule has 0 unspecified atom stereocenters. The zero-order valence-electron chi connectivity index (χ0n) is 14.6. The molecule has 0 aliphatic heterocycles. The van der Waals surface area contributed by atoms with Gasteiger partial charge in [0.2, 0.25) is 0 Å². The molecule has 0 heterocycles. The molecule has 0 fully saturated rings. The lowest BCUT2D eigenvalue weighted by Crippen LogP contribution is -2.22. The molecule has 0 spiro atoms. The Labute approximate surface area is 140 Å². The molecule has 0 aliphatic carbocycles. The molecule has 1 amide bonds. The summed E-state index contributed by atoms with van der Waals surface area (Å²) in [6.45, 7) is 3.99. The first-order valence-electron chi connectivity index (χ1n) is 8.43. The number of likely N-dealkylation sites (N-methyl/N-ethyl adjacent to an activating group) is 1. The number of anilines is 1. The van der Waals surface area contributed by atoms with Gasteiger partial charge in [-0.25, -0.2) is 4.79 Å². The molecule has 23 heavy (non-hydrogen) atoms. The van der Waals surface area contributed by atoms with Crippen molar-refractivity contribution in [2.45, 2.75) is 39.0 Å². The first-order chi connectivity index (χ1) is 11.1. The molecule has 0 aliphatic rings. The SMILES string of the molecule is CCCCCCCOc1cccc(NC(=O)OCCN(C)C)c1. The Bertz CT molecular complexity index is 450. The lowest BCUT2D eigenvalue weighted by Gasteiger charge is -2.11. The fourth-order valence-electron chi connectivity index (χ4n) is 2.03. The van der Waals surface area contributed by atoms with Crippen LogP contribution in [0.3, 0.4) is 0 Å². The normalized spacial score (nSPS) is 10.6. The van der Waals surface area contributed by atoms with Crippen LogP contribution in [0.15, 0.2) is 24.3 Å². The Balaban J connectivity index is 2.28. The van der Waals surface area contributed by atoms with Crippen LogP contribution in [0.25, 0.3) is 0 Å². The molecule has 5 heteroatoms. The summed E-state index contributed by atoms with van der Waals surface area (Å²) in [5, 5.41) is 2.71. The predicted octanol–water partition coefficient (Wildman–Crippen LogP) is 4.15. The van der Waals surface area contributed by atoms with Crippen molar-refractivity contribution in [3.63, 3.8) is 0 Å². The molecule has 0 atom stereocenters. The largest absolute Gasteiger partial charge is 0.494 e. The molecule has 130 valence electrons. The third-order valence-electron chi connectivity index (χ3n) is 3.37. The van der Waals surface area contributed by atoms with Crippen molar-refractivity contribution in [3.8, 4) is 5.75 Å². The molecule has 0 saturated heterocycles. The Morgan fingerprint density at radius 3 is 2.65 bits per heavy atom. The van der Waals surface area contributed by atoms with Gasteiger partial charge in [0.25, 0.3) is 0 Å². The number of carbonyl (C=O) groups excluding carboxylic acids is 1. The van der Waals surface area contributed by atoms with Crippen molar-refractivity contribution in [1.82, 2.24) is 4.90 Å². The van der Waals surface area contributed by atoms with Crippen LogP contribution in [-0.4, -0.2) is 44.8 Å². The van der Waals surface area contributed by atoms with E-state index in [0.717, 1.165) is 12.2 Å². The number of nitrogens with one attached hydrogen (secondary N) is 1. The van der Waals surface area contributed by atoms with Crippen molar-refractivity contribution in [2.24, 2.45) is 0 Å². The van der Waals surface area contributed by atoms with Gasteiger partial charge in [0.05, 0.1) is 6.61 Å².